The number of carboxylic acid groups (broad SMARTS) is 1. The molecule has 1 saturated heterocycles. The van der Waals surface area contributed by atoms with E-state index in [4.69, 9.17) is 9.47 Å². The third-order valence-corrected chi connectivity index (χ3v) is 8.24. The SMILES string of the molecule is Cc1nnc(COc2cccc(-c3cc(F)c(Cc4nc5c(F)cc(C(=O)O)cc5n4[C@@H]4COCC4(C)C)cc3F)n2)s1. The Morgan fingerprint density at radius 3 is 2.63 bits per heavy atom. The van der Waals surface area contributed by atoms with E-state index in [2.05, 4.69) is 20.2 Å². The molecule has 0 amide bonds. The molecule has 2 aromatic carbocycles. The van der Waals surface area contributed by atoms with Crippen molar-refractivity contribution in [3.05, 3.63) is 86.9 Å². The fourth-order valence-electron chi connectivity index (χ4n) is 5.24. The van der Waals surface area contributed by atoms with Gasteiger partial charge in [0, 0.05) is 23.5 Å². The zero-order valence-electron chi connectivity index (χ0n) is 23.4. The number of ether oxygens (including phenoxy) is 2. The van der Waals surface area contributed by atoms with Gasteiger partial charge in [0.2, 0.25) is 5.88 Å². The monoisotopic (exact) mass is 609 g/mol. The summed E-state index contributed by atoms with van der Waals surface area (Å²) in [6.45, 7) is 6.57. The largest absolute Gasteiger partial charge is 0.478 e. The summed E-state index contributed by atoms with van der Waals surface area (Å²) in [7, 11) is 0. The van der Waals surface area contributed by atoms with Gasteiger partial charge in [-0.25, -0.2) is 27.9 Å². The minimum atomic E-state index is -1.29. The molecule has 0 saturated carbocycles. The van der Waals surface area contributed by atoms with E-state index in [0.717, 1.165) is 23.2 Å². The van der Waals surface area contributed by atoms with Crippen molar-refractivity contribution in [2.45, 2.75) is 39.8 Å². The minimum Gasteiger partial charge on any atom is -0.478 e. The lowest BCUT2D eigenvalue weighted by molar-refractivity contribution is 0.0696. The van der Waals surface area contributed by atoms with Gasteiger partial charge in [-0.1, -0.05) is 31.3 Å². The summed E-state index contributed by atoms with van der Waals surface area (Å²) in [5.74, 6) is -3.06. The van der Waals surface area contributed by atoms with Crippen LogP contribution in [0.1, 0.15) is 51.7 Å². The Labute approximate surface area is 248 Å². The number of fused-ring (bicyclic) bond motifs is 1. The Morgan fingerprint density at radius 1 is 1.12 bits per heavy atom. The van der Waals surface area contributed by atoms with Crippen LogP contribution in [0, 0.1) is 29.8 Å². The molecule has 0 spiro atoms. The van der Waals surface area contributed by atoms with Crippen LogP contribution in [0.25, 0.3) is 22.3 Å². The van der Waals surface area contributed by atoms with Gasteiger partial charge in [0.1, 0.15) is 34.6 Å². The molecule has 0 bridgehead atoms. The van der Waals surface area contributed by atoms with Gasteiger partial charge >= 0.3 is 5.97 Å². The number of rotatable bonds is 8. The summed E-state index contributed by atoms with van der Waals surface area (Å²) in [6.07, 6.45) is -0.177. The second-order valence-corrected chi connectivity index (χ2v) is 12.3. The molecular weight excluding hydrogens is 583 g/mol. The van der Waals surface area contributed by atoms with Crippen LogP contribution in [0.5, 0.6) is 5.88 Å². The van der Waals surface area contributed by atoms with Gasteiger partial charge < -0.3 is 19.1 Å². The summed E-state index contributed by atoms with van der Waals surface area (Å²) in [5, 5.41) is 18.9. The molecule has 0 aliphatic carbocycles. The third-order valence-electron chi connectivity index (χ3n) is 7.43. The lowest BCUT2D eigenvalue weighted by Gasteiger charge is -2.28. The minimum absolute atomic E-state index is 0.00700. The molecule has 1 aliphatic rings. The molecule has 4 heterocycles. The summed E-state index contributed by atoms with van der Waals surface area (Å²) < 4.78 is 59.2. The van der Waals surface area contributed by atoms with Crippen molar-refractivity contribution >= 4 is 28.3 Å². The molecule has 6 rings (SSSR count). The lowest BCUT2D eigenvalue weighted by Crippen LogP contribution is -2.27. The first kappa shape index (κ1) is 28.7. The van der Waals surface area contributed by atoms with Crippen LogP contribution in [-0.4, -0.2) is 49.0 Å². The molecule has 5 aromatic rings. The molecule has 43 heavy (non-hydrogen) atoms. The highest BCUT2D eigenvalue weighted by Crippen LogP contribution is 2.41. The fraction of sp³-hybridized carbons (Fsp3) is 0.300. The first-order valence-electron chi connectivity index (χ1n) is 13.4. The smallest absolute Gasteiger partial charge is 0.335 e. The molecule has 13 heteroatoms. The molecule has 3 aromatic heterocycles. The Kier molecular flexibility index (Phi) is 7.38. The van der Waals surface area contributed by atoms with Crippen molar-refractivity contribution in [2.75, 3.05) is 13.2 Å². The number of pyridine rings is 1. The first-order valence-corrected chi connectivity index (χ1v) is 14.2. The van der Waals surface area contributed by atoms with Gasteiger partial charge in [0.05, 0.1) is 36.0 Å². The molecule has 222 valence electrons. The highest BCUT2D eigenvalue weighted by molar-refractivity contribution is 7.11. The Hall–Kier alpha value is -4.36. The molecule has 1 N–H and O–H groups in total. The Bertz CT molecular complexity index is 1870. The van der Waals surface area contributed by atoms with Gasteiger partial charge in [-0.15, -0.1) is 10.2 Å². The average Bonchev–Trinajstić information content (AvgIpc) is 3.65. The van der Waals surface area contributed by atoms with Gasteiger partial charge in [-0.3, -0.25) is 0 Å². The van der Waals surface area contributed by atoms with Crippen LogP contribution >= 0.6 is 11.3 Å². The first-order chi connectivity index (χ1) is 20.5. The van der Waals surface area contributed by atoms with E-state index in [1.807, 2.05) is 20.8 Å². The molecule has 1 atom stereocenters. The van der Waals surface area contributed by atoms with Crippen LogP contribution in [0.2, 0.25) is 0 Å². The van der Waals surface area contributed by atoms with Crippen molar-refractivity contribution in [1.29, 1.82) is 0 Å². The zero-order valence-corrected chi connectivity index (χ0v) is 24.2. The Balaban J connectivity index is 1.35. The van der Waals surface area contributed by atoms with E-state index in [9.17, 15) is 9.90 Å². The van der Waals surface area contributed by atoms with E-state index in [1.165, 1.54) is 17.4 Å². The zero-order chi connectivity index (χ0) is 30.5. The van der Waals surface area contributed by atoms with Crippen molar-refractivity contribution in [1.82, 2.24) is 24.7 Å². The van der Waals surface area contributed by atoms with Crippen LogP contribution in [0.15, 0.2) is 42.5 Å². The topological polar surface area (TPSA) is 112 Å². The second kappa shape index (κ2) is 11.0. The molecule has 1 aliphatic heterocycles. The van der Waals surface area contributed by atoms with Crippen LogP contribution in [0.4, 0.5) is 13.2 Å². The number of nitrogens with zero attached hydrogens (tertiary/aromatic N) is 5. The highest BCUT2D eigenvalue weighted by atomic mass is 32.1. The van der Waals surface area contributed by atoms with Crippen LogP contribution in [0.3, 0.4) is 0 Å². The van der Waals surface area contributed by atoms with Gasteiger partial charge in [0.25, 0.3) is 0 Å². The normalized spacial score (nSPS) is 16.2. The predicted octanol–water partition coefficient (Wildman–Crippen LogP) is 6.14. The molecule has 0 unspecified atom stereocenters. The van der Waals surface area contributed by atoms with E-state index < -0.39 is 28.8 Å². The maximum absolute atomic E-state index is 15.6. The third kappa shape index (κ3) is 5.57. The second-order valence-electron chi connectivity index (χ2n) is 11.0. The predicted molar refractivity (Wildman–Crippen MR) is 152 cm³/mol. The number of halogens is 3. The summed E-state index contributed by atoms with van der Waals surface area (Å²) in [5.41, 5.74) is -0.355. The highest BCUT2D eigenvalue weighted by Gasteiger charge is 2.39. The summed E-state index contributed by atoms with van der Waals surface area (Å²) in [4.78, 5) is 20.5. The van der Waals surface area contributed by atoms with E-state index >= 15 is 13.2 Å². The number of aryl methyl sites for hydroxylation is 1. The molecular formula is C30H26F3N5O4S. The van der Waals surface area contributed by atoms with E-state index in [-0.39, 0.29) is 70.8 Å². The van der Waals surface area contributed by atoms with Crippen LogP contribution in [-0.2, 0) is 17.8 Å². The van der Waals surface area contributed by atoms with E-state index in [1.54, 1.807) is 22.8 Å². The number of hydrogen-bond acceptors (Lipinski definition) is 8. The standard InChI is InChI=1S/C30H26F3N5O4S/c1-15-36-37-27(43-15)13-42-26-6-4-5-22(34-26)18-11-19(31)16(7-20(18)32)10-25-35-28-21(33)8-17(29(39)40)9-23(28)38(25)24-12-41-14-30(24,2)3/h4-9,11,24H,10,12-14H2,1-3H3,(H,39,40)/t24-/m1/s1. The molecule has 0 radical (unpaired) electrons. The Morgan fingerprint density at radius 2 is 1.93 bits per heavy atom. The molecule has 1 fully saturated rings. The van der Waals surface area contributed by atoms with Gasteiger partial charge in [0.15, 0.2) is 10.8 Å². The number of imidazole rings is 1. The maximum Gasteiger partial charge on any atom is 0.335 e. The fourth-order valence-corrected chi connectivity index (χ4v) is 5.87. The number of benzene rings is 2. The van der Waals surface area contributed by atoms with Crippen molar-refractivity contribution in [3.63, 3.8) is 0 Å². The van der Waals surface area contributed by atoms with E-state index in [0.29, 0.717) is 11.6 Å². The number of carboxylic acids is 1. The lowest BCUT2D eigenvalue weighted by atomic mass is 9.87. The number of hydrogen-bond donors (Lipinski definition) is 1. The summed E-state index contributed by atoms with van der Waals surface area (Å²) in [6, 6.07) is 8.81. The van der Waals surface area contributed by atoms with Crippen molar-refractivity contribution in [2.24, 2.45) is 5.41 Å². The molecule has 9 nitrogen and oxygen atoms in total. The quantitative estimate of drug-likeness (QED) is 0.223. The number of aromatic nitrogens is 5. The number of carbonyl (C=O) groups is 1. The van der Waals surface area contributed by atoms with Gasteiger partial charge in [-0.05, 0) is 42.8 Å². The summed E-state index contributed by atoms with van der Waals surface area (Å²) >= 11 is 1.38. The van der Waals surface area contributed by atoms with Crippen molar-refractivity contribution in [3.8, 4) is 17.1 Å². The average molecular weight is 610 g/mol. The van der Waals surface area contributed by atoms with Crippen molar-refractivity contribution < 1.29 is 32.5 Å². The number of aromatic carboxylic acids is 1. The van der Waals surface area contributed by atoms with Crippen LogP contribution < -0.4 is 4.74 Å². The van der Waals surface area contributed by atoms with Gasteiger partial charge in [-0.2, -0.15) is 0 Å². The maximum atomic E-state index is 15.6.